The standard InChI is InChI=1S/C18H21BrN2O2/c19-15-3-1-4-17(13-15)23-12-2-5-18(22)21-11-10-14-6-8-16(20)9-7-14/h1,3-4,6-9,13H,2,5,10-12,20H2,(H,21,22). The monoisotopic (exact) mass is 376 g/mol. The summed E-state index contributed by atoms with van der Waals surface area (Å²) in [5, 5.41) is 2.92. The molecule has 3 N–H and O–H groups in total. The van der Waals surface area contributed by atoms with E-state index in [1.165, 1.54) is 0 Å². The molecule has 23 heavy (non-hydrogen) atoms. The van der Waals surface area contributed by atoms with Crippen molar-refractivity contribution in [3.8, 4) is 5.75 Å². The van der Waals surface area contributed by atoms with E-state index in [-0.39, 0.29) is 5.91 Å². The molecule has 2 aromatic rings. The van der Waals surface area contributed by atoms with Crippen molar-refractivity contribution in [1.82, 2.24) is 5.32 Å². The topological polar surface area (TPSA) is 64.3 Å². The SMILES string of the molecule is Nc1ccc(CCNC(=O)CCCOc2cccc(Br)c2)cc1. The predicted octanol–water partition coefficient (Wildman–Crippen LogP) is 3.55. The molecule has 0 saturated carbocycles. The Hall–Kier alpha value is -2.01. The van der Waals surface area contributed by atoms with Crippen LogP contribution in [0.1, 0.15) is 18.4 Å². The van der Waals surface area contributed by atoms with Gasteiger partial charge in [-0.2, -0.15) is 0 Å². The Bertz CT molecular complexity index is 629. The van der Waals surface area contributed by atoms with Crippen LogP contribution in [0.5, 0.6) is 5.75 Å². The Morgan fingerprint density at radius 3 is 2.70 bits per heavy atom. The average Bonchev–Trinajstić information content (AvgIpc) is 2.54. The van der Waals surface area contributed by atoms with Crippen molar-refractivity contribution in [1.29, 1.82) is 0 Å². The van der Waals surface area contributed by atoms with Crippen LogP contribution < -0.4 is 15.8 Å². The van der Waals surface area contributed by atoms with Crippen molar-refractivity contribution in [3.63, 3.8) is 0 Å². The van der Waals surface area contributed by atoms with E-state index >= 15 is 0 Å². The fourth-order valence-electron chi connectivity index (χ4n) is 2.10. The highest BCUT2D eigenvalue weighted by Crippen LogP contribution is 2.17. The summed E-state index contributed by atoms with van der Waals surface area (Å²) in [6, 6.07) is 15.4. The summed E-state index contributed by atoms with van der Waals surface area (Å²) in [4.78, 5) is 11.8. The lowest BCUT2D eigenvalue weighted by atomic mass is 10.1. The number of carbonyl (C=O) groups excluding carboxylic acids is 1. The number of benzene rings is 2. The molecule has 2 rings (SSSR count). The molecule has 4 nitrogen and oxygen atoms in total. The molecule has 5 heteroatoms. The highest BCUT2D eigenvalue weighted by atomic mass is 79.9. The number of nitrogen functional groups attached to an aromatic ring is 1. The number of halogens is 1. The fraction of sp³-hybridized carbons (Fsp3) is 0.278. The summed E-state index contributed by atoms with van der Waals surface area (Å²) in [5.74, 6) is 0.862. The molecule has 0 radical (unpaired) electrons. The first-order chi connectivity index (χ1) is 11.1. The molecule has 2 aromatic carbocycles. The van der Waals surface area contributed by atoms with Gasteiger partial charge in [-0.1, -0.05) is 34.1 Å². The molecule has 0 unspecified atom stereocenters. The van der Waals surface area contributed by atoms with E-state index in [1.54, 1.807) is 0 Å². The summed E-state index contributed by atoms with van der Waals surface area (Å²) < 4.78 is 6.58. The first-order valence-electron chi connectivity index (χ1n) is 7.63. The third-order valence-electron chi connectivity index (χ3n) is 3.33. The number of amides is 1. The maximum atomic E-state index is 11.8. The van der Waals surface area contributed by atoms with E-state index in [4.69, 9.17) is 10.5 Å². The molecular weight excluding hydrogens is 356 g/mol. The second-order valence-electron chi connectivity index (χ2n) is 5.25. The van der Waals surface area contributed by atoms with E-state index in [9.17, 15) is 4.79 Å². The molecule has 0 atom stereocenters. The van der Waals surface area contributed by atoms with Gasteiger partial charge in [0, 0.05) is 23.1 Å². The van der Waals surface area contributed by atoms with Crippen LogP contribution in [0.2, 0.25) is 0 Å². The molecular formula is C18H21BrN2O2. The van der Waals surface area contributed by atoms with Gasteiger partial charge >= 0.3 is 0 Å². The van der Waals surface area contributed by atoms with Crippen LogP contribution in [-0.2, 0) is 11.2 Å². The smallest absolute Gasteiger partial charge is 0.220 e. The van der Waals surface area contributed by atoms with Crippen LogP contribution in [-0.4, -0.2) is 19.1 Å². The molecule has 0 aliphatic carbocycles. The van der Waals surface area contributed by atoms with Gasteiger partial charge in [0.25, 0.3) is 0 Å². The maximum Gasteiger partial charge on any atom is 0.220 e. The number of nitrogens with two attached hydrogens (primary N) is 1. The van der Waals surface area contributed by atoms with E-state index in [2.05, 4.69) is 21.2 Å². The fourth-order valence-corrected chi connectivity index (χ4v) is 2.48. The minimum absolute atomic E-state index is 0.0540. The summed E-state index contributed by atoms with van der Waals surface area (Å²) >= 11 is 3.39. The number of anilines is 1. The number of hydrogen-bond donors (Lipinski definition) is 2. The van der Waals surface area contributed by atoms with Gasteiger partial charge in [0.05, 0.1) is 6.61 Å². The summed E-state index contributed by atoms with van der Waals surface area (Å²) in [6.07, 6.45) is 1.97. The lowest BCUT2D eigenvalue weighted by Crippen LogP contribution is -2.25. The summed E-state index contributed by atoms with van der Waals surface area (Å²) in [5.41, 5.74) is 7.55. The van der Waals surface area contributed by atoms with Crippen LogP contribution in [0.25, 0.3) is 0 Å². The molecule has 0 aliphatic heterocycles. The highest BCUT2D eigenvalue weighted by molar-refractivity contribution is 9.10. The Balaban J connectivity index is 1.57. The van der Waals surface area contributed by atoms with E-state index in [1.807, 2.05) is 48.5 Å². The van der Waals surface area contributed by atoms with Crippen molar-refractivity contribution in [2.45, 2.75) is 19.3 Å². The van der Waals surface area contributed by atoms with Gasteiger partial charge in [-0.15, -0.1) is 0 Å². The van der Waals surface area contributed by atoms with Crippen molar-refractivity contribution >= 4 is 27.5 Å². The Morgan fingerprint density at radius 2 is 1.96 bits per heavy atom. The minimum atomic E-state index is 0.0540. The van der Waals surface area contributed by atoms with Crippen molar-refractivity contribution in [2.24, 2.45) is 0 Å². The van der Waals surface area contributed by atoms with Gasteiger partial charge in [-0.05, 0) is 48.7 Å². The lowest BCUT2D eigenvalue weighted by molar-refractivity contribution is -0.121. The molecule has 0 heterocycles. The van der Waals surface area contributed by atoms with Crippen LogP contribution in [0.3, 0.4) is 0 Å². The first-order valence-corrected chi connectivity index (χ1v) is 8.42. The number of ether oxygens (including phenoxy) is 1. The van der Waals surface area contributed by atoms with Crippen LogP contribution >= 0.6 is 15.9 Å². The van der Waals surface area contributed by atoms with E-state index < -0.39 is 0 Å². The quantitative estimate of drug-likeness (QED) is 0.546. The molecule has 122 valence electrons. The zero-order valence-corrected chi connectivity index (χ0v) is 14.5. The number of rotatable bonds is 8. The zero-order chi connectivity index (χ0) is 16.5. The molecule has 1 amide bonds. The molecule has 0 aromatic heterocycles. The second kappa shape index (κ2) is 9.20. The van der Waals surface area contributed by atoms with Crippen molar-refractivity contribution < 1.29 is 9.53 Å². The Morgan fingerprint density at radius 1 is 1.17 bits per heavy atom. The zero-order valence-electron chi connectivity index (χ0n) is 12.9. The number of hydrogen-bond acceptors (Lipinski definition) is 3. The maximum absolute atomic E-state index is 11.8. The largest absolute Gasteiger partial charge is 0.494 e. The molecule has 0 aliphatic rings. The van der Waals surface area contributed by atoms with Gasteiger partial charge in [-0.3, -0.25) is 4.79 Å². The number of nitrogens with one attached hydrogen (secondary N) is 1. The van der Waals surface area contributed by atoms with E-state index in [0.717, 1.165) is 27.9 Å². The Kier molecular flexibility index (Phi) is 6.94. The van der Waals surface area contributed by atoms with Gasteiger partial charge in [0.1, 0.15) is 5.75 Å². The lowest BCUT2D eigenvalue weighted by Gasteiger charge is -2.07. The van der Waals surface area contributed by atoms with Crippen LogP contribution in [0, 0.1) is 0 Å². The summed E-state index contributed by atoms with van der Waals surface area (Å²) in [7, 11) is 0. The second-order valence-corrected chi connectivity index (χ2v) is 6.17. The molecule has 0 fully saturated rings. The van der Waals surface area contributed by atoms with E-state index in [0.29, 0.717) is 26.0 Å². The Labute approximate surface area is 145 Å². The molecule has 0 spiro atoms. The van der Waals surface area contributed by atoms with Gasteiger partial charge in [-0.25, -0.2) is 0 Å². The van der Waals surface area contributed by atoms with Crippen LogP contribution in [0.4, 0.5) is 5.69 Å². The third-order valence-corrected chi connectivity index (χ3v) is 3.82. The first kappa shape index (κ1) is 17.3. The molecule has 0 bridgehead atoms. The predicted molar refractivity (Wildman–Crippen MR) is 96.4 cm³/mol. The minimum Gasteiger partial charge on any atom is -0.494 e. The van der Waals surface area contributed by atoms with Crippen molar-refractivity contribution in [2.75, 3.05) is 18.9 Å². The van der Waals surface area contributed by atoms with Crippen LogP contribution in [0.15, 0.2) is 53.0 Å². The van der Waals surface area contributed by atoms with Gasteiger partial charge in [0.15, 0.2) is 0 Å². The number of carbonyl (C=O) groups is 1. The average molecular weight is 377 g/mol. The normalized spacial score (nSPS) is 10.3. The highest BCUT2D eigenvalue weighted by Gasteiger charge is 2.02. The summed E-state index contributed by atoms with van der Waals surface area (Å²) in [6.45, 7) is 1.16. The third kappa shape index (κ3) is 6.74. The van der Waals surface area contributed by atoms with Gasteiger partial charge < -0.3 is 15.8 Å². The van der Waals surface area contributed by atoms with Gasteiger partial charge in [0.2, 0.25) is 5.91 Å². The van der Waals surface area contributed by atoms with Crippen molar-refractivity contribution in [3.05, 3.63) is 58.6 Å². The molecule has 0 saturated heterocycles.